The first-order chi connectivity index (χ1) is 18.8. The fraction of sp³-hybridized carbons (Fsp3) is 0.679. The van der Waals surface area contributed by atoms with Crippen LogP contribution in [-0.4, -0.2) is 61.4 Å². The van der Waals surface area contributed by atoms with Crippen LogP contribution in [0.25, 0.3) is 0 Å². The number of carbonyl (C=O) groups is 3. The maximum absolute atomic E-state index is 14.3. The van der Waals surface area contributed by atoms with Crippen LogP contribution in [0.2, 0.25) is 5.02 Å². The highest BCUT2D eigenvalue weighted by atomic mass is 35.5. The van der Waals surface area contributed by atoms with Crippen LogP contribution in [0.1, 0.15) is 72.8 Å². The van der Waals surface area contributed by atoms with Gasteiger partial charge in [-0.15, -0.1) is 0 Å². The van der Waals surface area contributed by atoms with E-state index in [1.54, 1.807) is 26.0 Å². The van der Waals surface area contributed by atoms with Crippen LogP contribution in [0.4, 0.5) is 0 Å². The number of hydrogen-bond acceptors (Lipinski definition) is 7. The van der Waals surface area contributed by atoms with Crippen molar-refractivity contribution in [1.82, 2.24) is 15.2 Å². The van der Waals surface area contributed by atoms with Crippen molar-refractivity contribution in [2.24, 2.45) is 11.8 Å². The molecule has 2 N–H and O–H groups in total. The van der Waals surface area contributed by atoms with E-state index in [-0.39, 0.29) is 56.6 Å². The van der Waals surface area contributed by atoms with Gasteiger partial charge in [0.05, 0.1) is 13.2 Å². The molecule has 1 rings (SSSR count). The average Bonchev–Trinajstić information content (AvgIpc) is 2.87. The zero-order valence-electron chi connectivity index (χ0n) is 24.9. The van der Waals surface area contributed by atoms with E-state index in [2.05, 4.69) is 10.2 Å². The Bertz CT molecular complexity index is 937. The molecule has 228 valence electrons. The van der Waals surface area contributed by atoms with Gasteiger partial charge < -0.3 is 9.47 Å². The van der Waals surface area contributed by atoms with Gasteiger partial charge in [-0.2, -0.15) is 0 Å². The smallest absolute Gasteiger partial charge is 0.323 e. The third kappa shape index (κ3) is 14.1. The van der Waals surface area contributed by atoms with E-state index >= 15 is 0 Å². The number of carbonyl (C=O) groups excluding carboxylic acids is 3. The van der Waals surface area contributed by atoms with Crippen molar-refractivity contribution in [2.75, 3.05) is 26.4 Å². The summed E-state index contributed by atoms with van der Waals surface area (Å²) in [6.45, 7) is 11.8. The number of benzene rings is 1. The summed E-state index contributed by atoms with van der Waals surface area (Å²) in [6.07, 6.45) is 1.07. The van der Waals surface area contributed by atoms with E-state index in [0.29, 0.717) is 17.9 Å². The molecule has 0 saturated heterocycles. The molecule has 0 saturated carbocycles. The lowest BCUT2D eigenvalue weighted by atomic mass is 10.1. The minimum Gasteiger partial charge on any atom is -0.465 e. The first-order valence-corrected chi connectivity index (χ1v) is 16.2. The van der Waals surface area contributed by atoms with Gasteiger partial charge in [0.15, 0.2) is 0 Å². The monoisotopic (exact) mass is 603 g/mol. The quantitative estimate of drug-likeness (QED) is 0.122. The number of hydroxylamine groups is 2. The van der Waals surface area contributed by atoms with Gasteiger partial charge in [0.25, 0.3) is 0 Å². The Morgan fingerprint density at radius 1 is 0.900 bits per heavy atom. The summed E-state index contributed by atoms with van der Waals surface area (Å²) in [5.41, 5.74) is 0.854. The number of rotatable bonds is 19. The van der Waals surface area contributed by atoms with Crippen LogP contribution in [-0.2, 0) is 39.9 Å². The molecule has 1 aromatic carbocycles. The molecule has 1 aromatic rings. The van der Waals surface area contributed by atoms with Crippen LogP contribution in [0, 0.1) is 11.8 Å². The molecule has 12 heteroatoms. The summed E-state index contributed by atoms with van der Waals surface area (Å²) in [4.78, 5) is 43.7. The molecule has 0 aliphatic rings. The number of esters is 2. The molecule has 0 aliphatic heterocycles. The standard InChI is InChI=1S/C28H47ClN3O7P/c1-8-37-27(34)24(17-20(3)4)30-40(36,31-25(18-21(5)6)28(35)38-9-2)16-10-11-26(33)32(7)39-19-22-12-14-23(29)15-13-22/h12-15,20-21,24-25H,8-11,16-19H2,1-7H3,(H2,30,31,36)/t24-,25-/m0/s1. The zero-order chi connectivity index (χ0) is 30.3. The molecule has 0 heterocycles. The van der Waals surface area contributed by atoms with Gasteiger partial charge in [-0.3, -0.25) is 23.8 Å². The highest BCUT2D eigenvalue weighted by molar-refractivity contribution is 7.59. The topological polar surface area (TPSA) is 123 Å². The first-order valence-electron chi connectivity index (χ1n) is 13.9. The van der Waals surface area contributed by atoms with Gasteiger partial charge in [0.1, 0.15) is 18.7 Å². The van der Waals surface area contributed by atoms with Crippen molar-refractivity contribution >= 4 is 36.9 Å². The lowest BCUT2D eigenvalue weighted by Crippen LogP contribution is -2.45. The lowest BCUT2D eigenvalue weighted by molar-refractivity contribution is -0.182. The van der Waals surface area contributed by atoms with Gasteiger partial charge >= 0.3 is 11.9 Å². The number of amides is 1. The molecular formula is C28H47ClN3O7P. The lowest BCUT2D eigenvalue weighted by Gasteiger charge is -2.30. The summed E-state index contributed by atoms with van der Waals surface area (Å²) in [5.74, 6) is -1.10. The molecule has 10 nitrogen and oxygen atoms in total. The van der Waals surface area contributed by atoms with Crippen LogP contribution >= 0.6 is 19.0 Å². The number of ether oxygens (including phenoxy) is 2. The van der Waals surface area contributed by atoms with Gasteiger partial charge in [-0.25, -0.2) is 15.2 Å². The summed E-state index contributed by atoms with van der Waals surface area (Å²) >= 11 is 5.91. The highest BCUT2D eigenvalue weighted by Crippen LogP contribution is 2.40. The van der Waals surface area contributed by atoms with E-state index < -0.39 is 31.5 Å². The molecule has 1 amide bonds. The largest absolute Gasteiger partial charge is 0.465 e. The predicted molar refractivity (Wildman–Crippen MR) is 157 cm³/mol. The van der Waals surface area contributed by atoms with Crippen LogP contribution in [0.15, 0.2) is 24.3 Å². The van der Waals surface area contributed by atoms with E-state index in [1.807, 2.05) is 39.8 Å². The molecule has 40 heavy (non-hydrogen) atoms. The van der Waals surface area contributed by atoms with Crippen molar-refractivity contribution in [2.45, 2.75) is 85.9 Å². The van der Waals surface area contributed by atoms with Crippen LogP contribution in [0.3, 0.4) is 0 Å². The minimum absolute atomic E-state index is 0.0196. The second-order valence-electron chi connectivity index (χ2n) is 10.5. The van der Waals surface area contributed by atoms with Crippen LogP contribution in [0.5, 0.6) is 0 Å². The van der Waals surface area contributed by atoms with Gasteiger partial charge in [-0.05, 0) is 62.6 Å². The van der Waals surface area contributed by atoms with Crippen molar-refractivity contribution in [1.29, 1.82) is 0 Å². The molecular weight excluding hydrogens is 557 g/mol. The van der Waals surface area contributed by atoms with Gasteiger partial charge in [0, 0.05) is 24.7 Å². The van der Waals surface area contributed by atoms with E-state index in [0.717, 1.165) is 10.6 Å². The molecule has 0 unspecified atom stereocenters. The molecule has 0 spiro atoms. The Labute approximate surface area is 244 Å². The van der Waals surface area contributed by atoms with Crippen LogP contribution < -0.4 is 10.2 Å². The molecule has 2 atom stereocenters. The summed E-state index contributed by atoms with van der Waals surface area (Å²) in [6, 6.07) is 5.41. The fourth-order valence-electron chi connectivity index (χ4n) is 3.94. The molecule has 0 fully saturated rings. The summed E-state index contributed by atoms with van der Waals surface area (Å²) in [5, 5.41) is 7.75. The predicted octanol–water partition coefficient (Wildman–Crippen LogP) is 5.34. The number of hydrogen-bond donors (Lipinski definition) is 2. The molecule has 0 bridgehead atoms. The van der Waals surface area contributed by atoms with Gasteiger partial charge in [-0.1, -0.05) is 51.4 Å². The maximum atomic E-state index is 14.3. The number of halogens is 1. The average molecular weight is 604 g/mol. The molecule has 0 radical (unpaired) electrons. The Morgan fingerprint density at radius 3 is 1.80 bits per heavy atom. The van der Waals surface area contributed by atoms with E-state index in [9.17, 15) is 18.9 Å². The van der Waals surface area contributed by atoms with Crippen molar-refractivity contribution in [3.8, 4) is 0 Å². The number of nitrogens with one attached hydrogen (secondary N) is 2. The van der Waals surface area contributed by atoms with Crippen molar-refractivity contribution in [3.05, 3.63) is 34.9 Å². The normalized spacial score (nSPS) is 13.2. The number of nitrogens with zero attached hydrogens (tertiary/aromatic N) is 1. The van der Waals surface area contributed by atoms with Crippen molar-refractivity contribution < 1.29 is 33.3 Å². The second kappa shape index (κ2) is 18.5. The Balaban J connectivity index is 3.01. The second-order valence-corrected chi connectivity index (χ2v) is 13.4. The highest BCUT2D eigenvalue weighted by Gasteiger charge is 2.35. The van der Waals surface area contributed by atoms with E-state index in [4.69, 9.17) is 25.9 Å². The van der Waals surface area contributed by atoms with Crippen molar-refractivity contribution in [3.63, 3.8) is 0 Å². The van der Waals surface area contributed by atoms with Gasteiger partial charge in [0.2, 0.25) is 13.4 Å². The molecule has 0 aromatic heterocycles. The Hall–Kier alpha value is -1.97. The zero-order valence-corrected chi connectivity index (χ0v) is 26.6. The summed E-state index contributed by atoms with van der Waals surface area (Å²) in [7, 11) is -2.06. The molecule has 0 aliphatic carbocycles. The third-order valence-electron chi connectivity index (χ3n) is 5.84. The Kier molecular flexibility index (Phi) is 16.6. The summed E-state index contributed by atoms with van der Waals surface area (Å²) < 4.78 is 24.7. The SMILES string of the molecule is CCOC(=O)[C@H](CC(C)C)NP(=O)(CCCC(=O)N(C)OCc1ccc(Cl)cc1)N[C@@H](CC(C)C)C(=O)OCC. The maximum Gasteiger partial charge on any atom is 0.323 e. The first kappa shape index (κ1) is 36.1. The minimum atomic E-state index is -3.58. The van der Waals surface area contributed by atoms with E-state index in [1.165, 1.54) is 7.05 Å². The fourth-order valence-corrected chi connectivity index (χ4v) is 6.43. The Morgan fingerprint density at radius 2 is 1.38 bits per heavy atom. The third-order valence-corrected chi connectivity index (χ3v) is 8.49.